The highest BCUT2D eigenvalue weighted by Crippen LogP contribution is 2.32. The van der Waals surface area contributed by atoms with Gasteiger partial charge < -0.3 is 16.2 Å². The van der Waals surface area contributed by atoms with Gasteiger partial charge in [-0.05, 0) is 37.0 Å². The largest absolute Gasteiger partial charge is 0.378 e. The van der Waals surface area contributed by atoms with Crippen LogP contribution in [0.4, 0.5) is 5.82 Å². The molecule has 2 atom stereocenters. The molecule has 0 spiro atoms. The Balaban J connectivity index is 1.68. The molecule has 34 heavy (non-hydrogen) atoms. The van der Waals surface area contributed by atoms with E-state index in [0.717, 1.165) is 33.6 Å². The van der Waals surface area contributed by atoms with Gasteiger partial charge in [-0.2, -0.15) is 0 Å². The molecular formula is C27H29N5OS. The summed E-state index contributed by atoms with van der Waals surface area (Å²) in [6.45, 7) is 6.20. The van der Waals surface area contributed by atoms with E-state index in [1.807, 2.05) is 49.6 Å². The van der Waals surface area contributed by atoms with Crippen molar-refractivity contribution in [1.82, 2.24) is 15.0 Å². The molecule has 4 aromatic rings. The maximum Gasteiger partial charge on any atom is 0.162 e. The average Bonchev–Trinajstić information content (AvgIpc) is 3.25. The van der Waals surface area contributed by atoms with Crippen LogP contribution < -0.4 is 11.1 Å². The Morgan fingerprint density at radius 3 is 2.56 bits per heavy atom. The lowest BCUT2D eigenvalue weighted by Crippen LogP contribution is -2.31. The molecule has 4 N–H and O–H groups in total. The lowest BCUT2D eigenvalue weighted by atomic mass is 9.93. The van der Waals surface area contributed by atoms with Crippen LogP contribution in [0.5, 0.6) is 0 Å². The quantitative estimate of drug-likeness (QED) is 0.344. The second-order valence-electron chi connectivity index (χ2n) is 8.84. The number of anilines is 1. The first kappa shape index (κ1) is 23.8. The van der Waals surface area contributed by atoms with Crippen molar-refractivity contribution in [2.45, 2.75) is 38.8 Å². The lowest BCUT2D eigenvalue weighted by molar-refractivity contribution is 0.0726. The van der Waals surface area contributed by atoms with Crippen LogP contribution in [0, 0.1) is 17.8 Å². The second kappa shape index (κ2) is 10.3. The number of hydrogen-bond donors (Lipinski definition) is 3. The summed E-state index contributed by atoms with van der Waals surface area (Å²) >= 11 is 1.53. The normalized spacial score (nSPS) is 13.8. The topological polar surface area (TPSA) is 97.0 Å². The highest BCUT2D eigenvalue weighted by atomic mass is 32.1. The fourth-order valence-electron chi connectivity index (χ4n) is 3.31. The Bertz CT molecular complexity index is 1310. The third kappa shape index (κ3) is 5.60. The molecule has 0 aliphatic heterocycles. The van der Waals surface area contributed by atoms with Crippen LogP contribution in [0.15, 0.2) is 60.2 Å². The highest BCUT2D eigenvalue weighted by molar-refractivity contribution is 7.18. The van der Waals surface area contributed by atoms with Crippen LogP contribution in [0.1, 0.15) is 31.9 Å². The molecule has 0 saturated heterocycles. The first-order valence-electron chi connectivity index (χ1n) is 11.3. The van der Waals surface area contributed by atoms with Crippen LogP contribution in [0.3, 0.4) is 0 Å². The van der Waals surface area contributed by atoms with Crippen LogP contribution in [-0.2, 0) is 6.42 Å². The number of aliphatic hydroxyl groups is 1. The van der Waals surface area contributed by atoms with Crippen molar-refractivity contribution in [2.24, 2.45) is 11.7 Å². The molecule has 174 valence electrons. The predicted octanol–water partition coefficient (Wildman–Crippen LogP) is 4.49. The zero-order chi connectivity index (χ0) is 24.1. The minimum absolute atomic E-state index is 0.00948. The molecule has 0 unspecified atom stereocenters. The van der Waals surface area contributed by atoms with E-state index in [0.29, 0.717) is 12.4 Å². The minimum atomic E-state index is -1.08. The zero-order valence-corrected chi connectivity index (χ0v) is 20.4. The number of rotatable bonds is 7. The van der Waals surface area contributed by atoms with Gasteiger partial charge in [-0.15, -0.1) is 11.3 Å². The second-order valence-corrected chi connectivity index (χ2v) is 9.72. The van der Waals surface area contributed by atoms with Crippen molar-refractivity contribution in [3.63, 3.8) is 0 Å². The van der Waals surface area contributed by atoms with E-state index in [2.05, 4.69) is 34.3 Å². The summed E-state index contributed by atoms with van der Waals surface area (Å²) in [7, 11) is 0. The molecule has 1 aromatic carbocycles. The minimum Gasteiger partial charge on any atom is -0.378 e. The molecule has 3 heterocycles. The summed E-state index contributed by atoms with van der Waals surface area (Å²) in [5.74, 6) is 7.49. The number of nitrogens with one attached hydrogen (secondary N) is 1. The van der Waals surface area contributed by atoms with Gasteiger partial charge in [-0.25, -0.2) is 9.97 Å². The van der Waals surface area contributed by atoms with Crippen molar-refractivity contribution in [3.05, 3.63) is 71.4 Å². The van der Waals surface area contributed by atoms with E-state index in [-0.39, 0.29) is 12.0 Å². The summed E-state index contributed by atoms with van der Waals surface area (Å²) in [5, 5.41) is 16.0. The smallest absolute Gasteiger partial charge is 0.162 e. The van der Waals surface area contributed by atoms with Gasteiger partial charge in [0.25, 0.3) is 0 Å². The Morgan fingerprint density at radius 1 is 1.12 bits per heavy atom. The SMILES string of the molecule is CC(C)[C@](C)(O)C#Cc1csc2c(NC[C@@H](N)Cc3ccccc3)nc(-c3ccncc3)nc12. The molecule has 0 bridgehead atoms. The Hall–Kier alpha value is -3.31. The zero-order valence-electron chi connectivity index (χ0n) is 19.6. The van der Waals surface area contributed by atoms with E-state index >= 15 is 0 Å². The lowest BCUT2D eigenvalue weighted by Gasteiger charge is -2.20. The van der Waals surface area contributed by atoms with E-state index in [4.69, 9.17) is 15.7 Å². The highest BCUT2D eigenvalue weighted by Gasteiger charge is 2.22. The Kier molecular flexibility index (Phi) is 7.23. The summed E-state index contributed by atoms with van der Waals surface area (Å²) in [4.78, 5) is 13.7. The van der Waals surface area contributed by atoms with Gasteiger partial charge in [0.15, 0.2) is 5.82 Å². The Labute approximate surface area is 204 Å². The number of fused-ring (bicyclic) bond motifs is 1. The van der Waals surface area contributed by atoms with Crippen molar-refractivity contribution >= 4 is 27.4 Å². The van der Waals surface area contributed by atoms with E-state index in [1.165, 1.54) is 16.9 Å². The van der Waals surface area contributed by atoms with Crippen molar-refractivity contribution in [2.75, 3.05) is 11.9 Å². The maximum absolute atomic E-state index is 10.6. The number of nitrogens with zero attached hydrogens (tertiary/aromatic N) is 3. The van der Waals surface area contributed by atoms with Crippen molar-refractivity contribution in [1.29, 1.82) is 0 Å². The Morgan fingerprint density at radius 2 is 1.85 bits per heavy atom. The van der Waals surface area contributed by atoms with Gasteiger partial charge in [-0.1, -0.05) is 56.0 Å². The molecule has 0 saturated carbocycles. The third-order valence-electron chi connectivity index (χ3n) is 5.80. The first-order chi connectivity index (χ1) is 16.3. The number of thiophene rings is 1. The molecule has 3 aromatic heterocycles. The van der Waals surface area contributed by atoms with Crippen LogP contribution >= 0.6 is 11.3 Å². The van der Waals surface area contributed by atoms with Crippen molar-refractivity contribution in [3.8, 4) is 23.2 Å². The number of benzene rings is 1. The molecule has 0 fully saturated rings. The molecule has 0 aliphatic rings. The molecule has 0 amide bonds. The fraction of sp³-hybridized carbons (Fsp3) is 0.296. The molecular weight excluding hydrogens is 442 g/mol. The molecule has 6 nitrogen and oxygen atoms in total. The molecule has 7 heteroatoms. The van der Waals surface area contributed by atoms with Crippen LogP contribution in [0.2, 0.25) is 0 Å². The van der Waals surface area contributed by atoms with Crippen molar-refractivity contribution < 1.29 is 5.11 Å². The first-order valence-corrected chi connectivity index (χ1v) is 12.2. The number of hydrogen-bond acceptors (Lipinski definition) is 7. The van der Waals surface area contributed by atoms with E-state index in [1.54, 1.807) is 19.3 Å². The summed E-state index contributed by atoms with van der Waals surface area (Å²) in [6, 6.07) is 13.9. The van der Waals surface area contributed by atoms with Crippen LogP contribution in [0.25, 0.3) is 21.6 Å². The van der Waals surface area contributed by atoms with Gasteiger partial charge in [0.05, 0.1) is 10.3 Å². The number of nitrogens with two attached hydrogens (primary N) is 1. The summed E-state index contributed by atoms with van der Waals surface area (Å²) in [5.41, 5.74) is 8.94. The molecule has 0 radical (unpaired) electrons. The van der Waals surface area contributed by atoms with E-state index < -0.39 is 5.60 Å². The van der Waals surface area contributed by atoms with Gasteiger partial charge in [-0.3, -0.25) is 4.98 Å². The average molecular weight is 472 g/mol. The molecule has 4 rings (SSSR count). The molecule has 0 aliphatic carbocycles. The van der Waals surface area contributed by atoms with Gasteiger partial charge >= 0.3 is 0 Å². The summed E-state index contributed by atoms with van der Waals surface area (Å²) in [6.07, 6.45) is 4.21. The van der Waals surface area contributed by atoms with E-state index in [9.17, 15) is 5.11 Å². The van der Waals surface area contributed by atoms with Gasteiger partial charge in [0.1, 0.15) is 16.9 Å². The van der Waals surface area contributed by atoms with Crippen LogP contribution in [-0.4, -0.2) is 38.2 Å². The number of aromatic nitrogens is 3. The summed E-state index contributed by atoms with van der Waals surface area (Å²) < 4.78 is 0.915. The third-order valence-corrected chi connectivity index (χ3v) is 6.78. The predicted molar refractivity (Wildman–Crippen MR) is 140 cm³/mol. The number of pyridine rings is 1. The van der Waals surface area contributed by atoms with Gasteiger partial charge in [0, 0.05) is 35.9 Å². The standard InChI is InChI=1S/C27H29N5OS/c1-18(2)27(3,33)12-9-21-17-34-24-23(21)31-25(20-10-13-29-14-11-20)32-26(24)30-16-22(28)15-19-7-5-4-6-8-19/h4-8,10-11,13-14,17-18,22,33H,15-16,28H2,1-3H3,(H,30,31,32)/t22-,27+/m0/s1. The monoisotopic (exact) mass is 471 g/mol. The van der Waals surface area contributed by atoms with Gasteiger partial charge in [0.2, 0.25) is 0 Å². The fourth-order valence-corrected chi connectivity index (χ4v) is 4.21. The maximum atomic E-state index is 10.6.